The summed E-state index contributed by atoms with van der Waals surface area (Å²) in [5.74, 6) is 1.37. The van der Waals surface area contributed by atoms with Gasteiger partial charge in [0.25, 0.3) is 0 Å². The van der Waals surface area contributed by atoms with Crippen molar-refractivity contribution in [2.24, 2.45) is 0 Å². The van der Waals surface area contributed by atoms with E-state index in [9.17, 15) is 0 Å². The second-order valence-corrected chi connectivity index (χ2v) is 5.09. The van der Waals surface area contributed by atoms with Gasteiger partial charge in [-0.25, -0.2) is 4.98 Å². The van der Waals surface area contributed by atoms with E-state index in [4.69, 9.17) is 11.6 Å². The van der Waals surface area contributed by atoms with E-state index in [1.165, 1.54) is 0 Å². The number of nitrogens with zero attached hydrogens (tertiary/aromatic N) is 2. The number of benzene rings is 1. The van der Waals surface area contributed by atoms with Gasteiger partial charge in [-0.15, -0.1) is 0 Å². The number of nitrogens with one attached hydrogen (secondary N) is 2. The number of aromatic nitrogens is 2. The maximum absolute atomic E-state index is 5.95. The van der Waals surface area contributed by atoms with Gasteiger partial charge in [0, 0.05) is 28.5 Å². The van der Waals surface area contributed by atoms with Crippen molar-refractivity contribution >= 4 is 29.1 Å². The fraction of sp³-hybridized carbons (Fsp3) is 0.286. The molecule has 0 fully saturated rings. The average Bonchev–Trinajstić information content (AvgIpc) is 2.26. The molecule has 2 aromatic rings. The van der Waals surface area contributed by atoms with Crippen LogP contribution < -0.4 is 10.6 Å². The molecule has 0 saturated heterocycles. The Morgan fingerprint density at radius 1 is 1.16 bits per heavy atom. The number of hydrogen-bond donors (Lipinski definition) is 2. The smallest absolute Gasteiger partial charge is 0.229 e. The van der Waals surface area contributed by atoms with E-state index in [0.717, 1.165) is 17.2 Å². The molecule has 0 atom stereocenters. The van der Waals surface area contributed by atoms with Crippen LogP contribution in [0.5, 0.6) is 0 Å². The van der Waals surface area contributed by atoms with Gasteiger partial charge in [-0.2, -0.15) is 4.98 Å². The highest BCUT2D eigenvalue weighted by Gasteiger charge is 2.04. The third-order valence-corrected chi connectivity index (χ3v) is 2.61. The lowest BCUT2D eigenvalue weighted by Crippen LogP contribution is -2.12. The second kappa shape index (κ2) is 5.89. The molecule has 0 saturated carbocycles. The Hall–Kier alpha value is -1.81. The summed E-state index contributed by atoms with van der Waals surface area (Å²) in [6, 6.07) is 9.72. The molecule has 0 spiro atoms. The van der Waals surface area contributed by atoms with Crippen LogP contribution in [0.4, 0.5) is 17.5 Å². The molecule has 0 radical (unpaired) electrons. The molecule has 0 amide bonds. The molecule has 2 rings (SSSR count). The van der Waals surface area contributed by atoms with Gasteiger partial charge in [0.05, 0.1) is 0 Å². The van der Waals surface area contributed by atoms with Gasteiger partial charge in [-0.3, -0.25) is 0 Å². The zero-order valence-electron chi connectivity index (χ0n) is 11.2. The Morgan fingerprint density at radius 3 is 2.63 bits per heavy atom. The summed E-state index contributed by atoms with van der Waals surface area (Å²) < 4.78 is 0. The van der Waals surface area contributed by atoms with Crippen LogP contribution in [0.15, 0.2) is 30.3 Å². The molecule has 1 aromatic carbocycles. The van der Waals surface area contributed by atoms with Crippen molar-refractivity contribution in [1.29, 1.82) is 0 Å². The fourth-order valence-electron chi connectivity index (χ4n) is 1.69. The summed E-state index contributed by atoms with van der Waals surface area (Å²) in [6.07, 6.45) is 0. The average molecular weight is 277 g/mol. The van der Waals surface area contributed by atoms with Gasteiger partial charge in [0.15, 0.2) is 0 Å². The van der Waals surface area contributed by atoms with Crippen molar-refractivity contribution in [3.05, 3.63) is 41.0 Å². The van der Waals surface area contributed by atoms with Gasteiger partial charge >= 0.3 is 0 Å². The molecule has 0 aliphatic carbocycles. The van der Waals surface area contributed by atoms with Gasteiger partial charge in [-0.05, 0) is 39.0 Å². The predicted octanol–water partition coefficient (Wildman–Crippen LogP) is 4.00. The topological polar surface area (TPSA) is 49.8 Å². The highest BCUT2D eigenvalue weighted by atomic mass is 35.5. The van der Waals surface area contributed by atoms with Crippen LogP contribution in [-0.4, -0.2) is 16.0 Å². The van der Waals surface area contributed by atoms with E-state index in [0.29, 0.717) is 17.0 Å². The first-order chi connectivity index (χ1) is 9.02. The largest absolute Gasteiger partial charge is 0.368 e. The molecule has 19 heavy (non-hydrogen) atoms. The van der Waals surface area contributed by atoms with E-state index < -0.39 is 0 Å². The Balaban J connectivity index is 2.22. The minimum Gasteiger partial charge on any atom is -0.368 e. The number of anilines is 3. The molecular formula is C14H17ClN4. The quantitative estimate of drug-likeness (QED) is 0.886. The lowest BCUT2D eigenvalue weighted by atomic mass is 10.3. The molecule has 0 aliphatic heterocycles. The number of hydrogen-bond acceptors (Lipinski definition) is 4. The Morgan fingerprint density at radius 2 is 1.95 bits per heavy atom. The highest BCUT2D eigenvalue weighted by molar-refractivity contribution is 6.30. The van der Waals surface area contributed by atoms with Crippen LogP contribution in [0, 0.1) is 6.92 Å². The Kier molecular flexibility index (Phi) is 4.22. The fourth-order valence-corrected chi connectivity index (χ4v) is 1.88. The van der Waals surface area contributed by atoms with Crippen LogP contribution in [0.3, 0.4) is 0 Å². The molecule has 0 aliphatic rings. The lowest BCUT2D eigenvalue weighted by molar-refractivity contribution is 0.885. The van der Waals surface area contributed by atoms with Crippen LogP contribution in [0.25, 0.3) is 0 Å². The van der Waals surface area contributed by atoms with E-state index in [2.05, 4.69) is 34.4 Å². The van der Waals surface area contributed by atoms with Crippen molar-refractivity contribution in [3.63, 3.8) is 0 Å². The standard InChI is InChI=1S/C14H17ClN4/c1-9(2)16-13-7-10(3)17-14(19-13)18-12-6-4-5-11(15)8-12/h4-9H,1-3H3,(H2,16,17,18,19). The second-order valence-electron chi connectivity index (χ2n) is 4.65. The molecular weight excluding hydrogens is 260 g/mol. The molecule has 0 unspecified atom stereocenters. The minimum atomic E-state index is 0.327. The van der Waals surface area contributed by atoms with Crippen molar-refractivity contribution in [3.8, 4) is 0 Å². The van der Waals surface area contributed by atoms with Crippen LogP contribution >= 0.6 is 11.6 Å². The summed E-state index contributed by atoms with van der Waals surface area (Å²) in [7, 11) is 0. The number of rotatable bonds is 4. The van der Waals surface area contributed by atoms with Crippen LogP contribution in [-0.2, 0) is 0 Å². The van der Waals surface area contributed by atoms with Gasteiger partial charge in [-0.1, -0.05) is 17.7 Å². The first-order valence-electron chi connectivity index (χ1n) is 6.18. The molecule has 1 heterocycles. The zero-order valence-corrected chi connectivity index (χ0v) is 12.0. The SMILES string of the molecule is Cc1cc(NC(C)C)nc(Nc2cccc(Cl)c2)n1. The maximum atomic E-state index is 5.95. The van der Waals surface area contributed by atoms with Gasteiger partial charge in [0.1, 0.15) is 5.82 Å². The monoisotopic (exact) mass is 276 g/mol. The summed E-state index contributed by atoms with van der Waals surface area (Å²) in [6.45, 7) is 6.08. The first kappa shape index (κ1) is 13.6. The molecule has 100 valence electrons. The van der Waals surface area contributed by atoms with Crippen molar-refractivity contribution < 1.29 is 0 Å². The number of halogens is 1. The Labute approximate surface area is 118 Å². The minimum absolute atomic E-state index is 0.327. The first-order valence-corrected chi connectivity index (χ1v) is 6.55. The van der Waals surface area contributed by atoms with E-state index >= 15 is 0 Å². The van der Waals surface area contributed by atoms with Crippen LogP contribution in [0.2, 0.25) is 5.02 Å². The van der Waals surface area contributed by atoms with Crippen molar-refractivity contribution in [2.45, 2.75) is 26.8 Å². The van der Waals surface area contributed by atoms with E-state index in [1.54, 1.807) is 0 Å². The van der Waals surface area contributed by atoms with Crippen molar-refractivity contribution in [2.75, 3.05) is 10.6 Å². The molecule has 0 bridgehead atoms. The van der Waals surface area contributed by atoms with Crippen molar-refractivity contribution in [1.82, 2.24) is 9.97 Å². The summed E-state index contributed by atoms with van der Waals surface area (Å²) in [5, 5.41) is 7.10. The maximum Gasteiger partial charge on any atom is 0.229 e. The predicted molar refractivity (Wildman–Crippen MR) is 80.3 cm³/mol. The Bertz CT molecular complexity index is 569. The summed E-state index contributed by atoms with van der Waals surface area (Å²) in [4.78, 5) is 8.78. The zero-order chi connectivity index (χ0) is 13.8. The molecule has 4 nitrogen and oxygen atoms in total. The molecule has 1 aromatic heterocycles. The number of aryl methyl sites for hydroxylation is 1. The van der Waals surface area contributed by atoms with Gasteiger partial charge < -0.3 is 10.6 Å². The summed E-state index contributed by atoms with van der Waals surface area (Å²) >= 11 is 5.95. The van der Waals surface area contributed by atoms with Crippen LogP contribution in [0.1, 0.15) is 19.5 Å². The third kappa shape index (κ3) is 4.10. The third-order valence-electron chi connectivity index (χ3n) is 2.37. The summed E-state index contributed by atoms with van der Waals surface area (Å²) in [5.41, 5.74) is 1.77. The van der Waals surface area contributed by atoms with Gasteiger partial charge in [0.2, 0.25) is 5.95 Å². The highest BCUT2D eigenvalue weighted by Crippen LogP contribution is 2.19. The van der Waals surface area contributed by atoms with E-state index in [-0.39, 0.29) is 0 Å². The normalized spacial score (nSPS) is 10.6. The van der Waals surface area contributed by atoms with E-state index in [1.807, 2.05) is 37.3 Å². The lowest BCUT2D eigenvalue weighted by Gasteiger charge is -2.12. The molecule has 5 heteroatoms. The molecule has 2 N–H and O–H groups in total.